The first-order valence-corrected chi connectivity index (χ1v) is 7.70. The molecule has 1 aromatic carbocycles. The van der Waals surface area contributed by atoms with E-state index in [1.807, 2.05) is 0 Å². The maximum atomic E-state index is 6.36. The molecule has 0 radical (unpaired) electrons. The molecule has 0 fully saturated rings. The van der Waals surface area contributed by atoms with Crippen molar-refractivity contribution in [3.63, 3.8) is 0 Å². The second-order valence-electron chi connectivity index (χ2n) is 5.02. The van der Waals surface area contributed by atoms with Gasteiger partial charge in [0.1, 0.15) is 0 Å². The van der Waals surface area contributed by atoms with Gasteiger partial charge >= 0.3 is 0 Å². The van der Waals surface area contributed by atoms with Crippen molar-refractivity contribution in [2.24, 2.45) is 5.73 Å². The van der Waals surface area contributed by atoms with Gasteiger partial charge < -0.3 is 10.5 Å². The minimum Gasteiger partial charge on any atom is -0.372 e. The van der Waals surface area contributed by atoms with Crippen LogP contribution in [0, 0.1) is 0 Å². The summed E-state index contributed by atoms with van der Waals surface area (Å²) in [5, 5.41) is 2.12. The molecule has 3 heteroatoms. The van der Waals surface area contributed by atoms with Crippen LogP contribution in [0.3, 0.4) is 0 Å². The van der Waals surface area contributed by atoms with E-state index in [0.717, 1.165) is 25.9 Å². The highest BCUT2D eigenvalue weighted by molar-refractivity contribution is 7.09. The maximum absolute atomic E-state index is 6.36. The maximum Gasteiger partial charge on any atom is 0.0978 e. The molecule has 2 heterocycles. The Labute approximate surface area is 118 Å². The molecule has 2 N–H and O–H groups in total. The molecule has 0 aliphatic carbocycles. The summed E-state index contributed by atoms with van der Waals surface area (Å²) in [4.78, 5) is 1.40. The van der Waals surface area contributed by atoms with Crippen molar-refractivity contribution in [1.82, 2.24) is 0 Å². The molecule has 1 aliphatic rings. The summed E-state index contributed by atoms with van der Waals surface area (Å²) in [6.45, 7) is 0.786. The molecule has 2 atom stereocenters. The van der Waals surface area contributed by atoms with Crippen molar-refractivity contribution in [1.29, 1.82) is 0 Å². The van der Waals surface area contributed by atoms with Gasteiger partial charge in [-0.05, 0) is 41.8 Å². The van der Waals surface area contributed by atoms with Crippen LogP contribution >= 0.6 is 11.3 Å². The van der Waals surface area contributed by atoms with E-state index in [2.05, 4.69) is 41.8 Å². The Bertz CT molecular complexity index is 523. The number of benzene rings is 1. The van der Waals surface area contributed by atoms with E-state index in [9.17, 15) is 0 Å². The number of nitrogens with two attached hydrogens (primary N) is 1. The van der Waals surface area contributed by atoms with Crippen molar-refractivity contribution in [3.8, 4) is 0 Å². The largest absolute Gasteiger partial charge is 0.372 e. The van der Waals surface area contributed by atoms with Crippen molar-refractivity contribution in [2.75, 3.05) is 6.61 Å². The van der Waals surface area contributed by atoms with Crippen LogP contribution in [0.5, 0.6) is 0 Å². The van der Waals surface area contributed by atoms with Crippen LogP contribution in [0.1, 0.15) is 28.5 Å². The zero-order chi connectivity index (χ0) is 13.1. The van der Waals surface area contributed by atoms with E-state index in [-0.39, 0.29) is 12.1 Å². The first-order valence-electron chi connectivity index (χ1n) is 6.82. The van der Waals surface area contributed by atoms with E-state index in [1.54, 1.807) is 11.3 Å². The fraction of sp³-hybridized carbons (Fsp3) is 0.375. The first kappa shape index (κ1) is 12.9. The average molecular weight is 273 g/mol. The first-order chi connectivity index (χ1) is 9.34. The third-order valence-electron chi connectivity index (χ3n) is 3.72. The monoisotopic (exact) mass is 273 g/mol. The summed E-state index contributed by atoms with van der Waals surface area (Å²) in [6, 6.07) is 12.9. The zero-order valence-electron chi connectivity index (χ0n) is 10.9. The lowest BCUT2D eigenvalue weighted by Gasteiger charge is -2.30. The summed E-state index contributed by atoms with van der Waals surface area (Å²) in [7, 11) is 0. The summed E-state index contributed by atoms with van der Waals surface area (Å²) in [5.41, 5.74) is 9.04. The van der Waals surface area contributed by atoms with Gasteiger partial charge in [-0.2, -0.15) is 0 Å². The Morgan fingerprint density at radius 1 is 1.26 bits per heavy atom. The van der Waals surface area contributed by atoms with Gasteiger partial charge in [0.2, 0.25) is 0 Å². The number of rotatable bonds is 4. The topological polar surface area (TPSA) is 35.2 Å². The molecule has 1 aromatic heterocycles. The van der Waals surface area contributed by atoms with Crippen molar-refractivity contribution >= 4 is 11.3 Å². The highest BCUT2D eigenvalue weighted by Gasteiger charge is 2.25. The summed E-state index contributed by atoms with van der Waals surface area (Å²) >= 11 is 1.80. The van der Waals surface area contributed by atoms with Crippen molar-refractivity contribution in [2.45, 2.75) is 31.4 Å². The fourth-order valence-electron chi connectivity index (χ4n) is 2.69. The van der Waals surface area contributed by atoms with Gasteiger partial charge in [0.15, 0.2) is 0 Å². The molecule has 19 heavy (non-hydrogen) atoms. The average Bonchev–Trinajstić information content (AvgIpc) is 2.97. The molecule has 0 bridgehead atoms. The molecule has 2 unspecified atom stereocenters. The Kier molecular flexibility index (Phi) is 3.97. The minimum atomic E-state index is 0.0601. The molecule has 1 aliphatic heterocycles. The number of ether oxygens (including phenoxy) is 1. The van der Waals surface area contributed by atoms with Gasteiger partial charge in [-0.15, -0.1) is 11.3 Å². The van der Waals surface area contributed by atoms with Crippen molar-refractivity contribution in [3.05, 3.63) is 57.8 Å². The van der Waals surface area contributed by atoms with Gasteiger partial charge in [-0.25, -0.2) is 0 Å². The predicted octanol–water partition coefficient (Wildman–Crippen LogP) is 3.32. The smallest absolute Gasteiger partial charge is 0.0978 e. The van der Waals surface area contributed by atoms with Crippen LogP contribution in [0.25, 0.3) is 0 Å². The molecular formula is C16H19NOS. The lowest BCUT2D eigenvalue weighted by atomic mass is 9.91. The summed E-state index contributed by atoms with van der Waals surface area (Å²) in [6.07, 6.45) is 3.08. The van der Waals surface area contributed by atoms with Crippen molar-refractivity contribution < 1.29 is 4.74 Å². The van der Waals surface area contributed by atoms with Crippen LogP contribution in [-0.4, -0.2) is 12.6 Å². The van der Waals surface area contributed by atoms with E-state index in [0.29, 0.717) is 0 Å². The molecule has 2 nitrogen and oxygen atoms in total. The second-order valence-corrected chi connectivity index (χ2v) is 6.05. The third kappa shape index (κ3) is 2.89. The summed E-state index contributed by atoms with van der Waals surface area (Å²) < 4.78 is 5.91. The van der Waals surface area contributed by atoms with Crippen LogP contribution in [-0.2, 0) is 17.6 Å². The molecule has 100 valence electrons. The number of hydrogen-bond acceptors (Lipinski definition) is 3. The van der Waals surface area contributed by atoms with Gasteiger partial charge in [-0.1, -0.05) is 30.3 Å². The van der Waals surface area contributed by atoms with E-state index in [1.165, 1.54) is 16.0 Å². The standard InChI is InChI=1S/C16H19NOS/c17-15(8-7-13-5-3-11-19-13)16-14-6-2-1-4-12(14)9-10-18-16/h1-6,11,15-16H,7-10,17H2. The number of hydrogen-bond donors (Lipinski definition) is 1. The quantitative estimate of drug-likeness (QED) is 0.927. The summed E-state index contributed by atoms with van der Waals surface area (Å²) in [5.74, 6) is 0. The van der Waals surface area contributed by atoms with E-state index >= 15 is 0 Å². The van der Waals surface area contributed by atoms with E-state index in [4.69, 9.17) is 10.5 Å². The van der Waals surface area contributed by atoms with Crippen LogP contribution in [0.4, 0.5) is 0 Å². The molecular weight excluding hydrogens is 254 g/mol. The number of fused-ring (bicyclic) bond motifs is 1. The molecule has 0 saturated heterocycles. The second kappa shape index (κ2) is 5.87. The molecule has 0 saturated carbocycles. The van der Waals surface area contributed by atoms with Gasteiger partial charge in [0.05, 0.1) is 12.7 Å². The number of aryl methyl sites for hydroxylation is 1. The van der Waals surface area contributed by atoms with E-state index < -0.39 is 0 Å². The van der Waals surface area contributed by atoms with Crippen LogP contribution in [0.15, 0.2) is 41.8 Å². The van der Waals surface area contributed by atoms with Crippen LogP contribution in [0.2, 0.25) is 0 Å². The third-order valence-corrected chi connectivity index (χ3v) is 4.66. The lowest BCUT2D eigenvalue weighted by Crippen LogP contribution is -2.34. The highest BCUT2D eigenvalue weighted by atomic mass is 32.1. The normalized spacial score (nSPS) is 19.9. The Morgan fingerprint density at radius 3 is 3.00 bits per heavy atom. The fourth-order valence-corrected chi connectivity index (χ4v) is 3.42. The van der Waals surface area contributed by atoms with Gasteiger partial charge in [-0.3, -0.25) is 0 Å². The van der Waals surface area contributed by atoms with Gasteiger partial charge in [0.25, 0.3) is 0 Å². The lowest BCUT2D eigenvalue weighted by molar-refractivity contribution is 0.0228. The Hall–Kier alpha value is -1.16. The molecule has 3 rings (SSSR count). The zero-order valence-corrected chi connectivity index (χ0v) is 11.7. The predicted molar refractivity (Wildman–Crippen MR) is 79.5 cm³/mol. The van der Waals surface area contributed by atoms with Crippen LogP contribution < -0.4 is 5.73 Å². The minimum absolute atomic E-state index is 0.0601. The molecule has 0 spiro atoms. The van der Waals surface area contributed by atoms with Gasteiger partial charge in [0, 0.05) is 10.9 Å². The number of thiophene rings is 1. The Balaban J connectivity index is 1.69. The highest BCUT2D eigenvalue weighted by Crippen LogP contribution is 2.30. The molecule has 2 aromatic rings. The molecule has 0 amide bonds. The SMILES string of the molecule is NC(CCc1cccs1)C1OCCc2ccccc21. The Morgan fingerprint density at radius 2 is 2.16 bits per heavy atom.